The third kappa shape index (κ3) is 2.23. The number of hydrogen-bond donors (Lipinski definition) is 1. The van der Waals surface area contributed by atoms with Crippen LogP contribution in [0.25, 0.3) is 11.4 Å². The molecule has 0 atom stereocenters. The Morgan fingerprint density at radius 3 is 2.74 bits per heavy atom. The Morgan fingerprint density at radius 1 is 1.26 bits per heavy atom. The smallest absolute Gasteiger partial charge is 0.160 e. The van der Waals surface area contributed by atoms with Crippen LogP contribution in [0.1, 0.15) is 43.0 Å². The van der Waals surface area contributed by atoms with Gasteiger partial charge in [-0.15, -0.1) is 0 Å². The standard InChI is InChI=1S/C15H20N4/c1-10-7-8-13(16)12(9-10)15-17-14(18-19(15)2)11-5-3-4-6-11/h7-9,11H,3-6,16H2,1-2H3. The maximum atomic E-state index is 6.07. The number of hydrogen-bond acceptors (Lipinski definition) is 3. The topological polar surface area (TPSA) is 56.7 Å². The second-order valence-corrected chi connectivity index (χ2v) is 5.49. The Labute approximate surface area is 113 Å². The number of rotatable bonds is 2. The highest BCUT2D eigenvalue weighted by molar-refractivity contribution is 5.72. The Bertz CT molecular complexity index is 594. The third-order valence-electron chi connectivity index (χ3n) is 3.95. The highest BCUT2D eigenvalue weighted by Crippen LogP contribution is 2.34. The highest BCUT2D eigenvalue weighted by atomic mass is 15.3. The minimum absolute atomic E-state index is 0.533. The number of anilines is 1. The lowest BCUT2D eigenvalue weighted by molar-refractivity contribution is 0.648. The molecule has 1 aliphatic carbocycles. The quantitative estimate of drug-likeness (QED) is 0.840. The molecule has 1 fully saturated rings. The Balaban J connectivity index is 2.02. The van der Waals surface area contributed by atoms with E-state index in [1.165, 1.54) is 31.2 Å². The second kappa shape index (κ2) is 4.68. The SMILES string of the molecule is Cc1ccc(N)c(-c2nc(C3CCCC3)nn2C)c1. The molecule has 2 aromatic rings. The lowest BCUT2D eigenvalue weighted by atomic mass is 10.1. The van der Waals surface area contributed by atoms with E-state index in [0.29, 0.717) is 5.92 Å². The van der Waals surface area contributed by atoms with Crippen molar-refractivity contribution in [2.24, 2.45) is 7.05 Å². The lowest BCUT2D eigenvalue weighted by Gasteiger charge is -2.05. The van der Waals surface area contributed by atoms with Crippen LogP contribution in [-0.2, 0) is 7.05 Å². The summed E-state index contributed by atoms with van der Waals surface area (Å²) in [7, 11) is 1.95. The minimum atomic E-state index is 0.533. The first kappa shape index (κ1) is 12.2. The fourth-order valence-electron chi connectivity index (χ4n) is 2.86. The van der Waals surface area contributed by atoms with Gasteiger partial charge < -0.3 is 5.73 Å². The molecule has 4 heteroatoms. The van der Waals surface area contributed by atoms with Crippen LogP contribution in [0.2, 0.25) is 0 Å². The van der Waals surface area contributed by atoms with Gasteiger partial charge in [-0.3, -0.25) is 0 Å². The van der Waals surface area contributed by atoms with Crippen molar-refractivity contribution in [1.82, 2.24) is 14.8 Å². The van der Waals surface area contributed by atoms with E-state index in [9.17, 15) is 0 Å². The molecule has 3 rings (SSSR count). The maximum absolute atomic E-state index is 6.07. The normalized spacial score (nSPS) is 16.1. The van der Waals surface area contributed by atoms with Crippen LogP contribution in [0.3, 0.4) is 0 Å². The van der Waals surface area contributed by atoms with E-state index in [4.69, 9.17) is 10.7 Å². The number of benzene rings is 1. The molecule has 19 heavy (non-hydrogen) atoms. The summed E-state index contributed by atoms with van der Waals surface area (Å²) in [5.41, 5.74) is 9.01. The van der Waals surface area contributed by atoms with Crippen LogP contribution < -0.4 is 5.73 Å². The molecule has 0 unspecified atom stereocenters. The second-order valence-electron chi connectivity index (χ2n) is 5.49. The van der Waals surface area contributed by atoms with Gasteiger partial charge in [-0.2, -0.15) is 5.10 Å². The summed E-state index contributed by atoms with van der Waals surface area (Å²) < 4.78 is 1.86. The summed E-state index contributed by atoms with van der Waals surface area (Å²) in [5, 5.41) is 4.59. The molecular formula is C15H20N4. The molecule has 0 spiro atoms. The van der Waals surface area contributed by atoms with Crippen molar-refractivity contribution in [2.75, 3.05) is 5.73 Å². The van der Waals surface area contributed by atoms with Gasteiger partial charge in [-0.05, 0) is 31.9 Å². The molecule has 0 amide bonds. The number of aromatic nitrogens is 3. The van der Waals surface area contributed by atoms with Gasteiger partial charge in [0.15, 0.2) is 11.6 Å². The van der Waals surface area contributed by atoms with E-state index < -0.39 is 0 Å². The van der Waals surface area contributed by atoms with Gasteiger partial charge in [0.1, 0.15) is 0 Å². The fraction of sp³-hybridized carbons (Fsp3) is 0.467. The van der Waals surface area contributed by atoms with Crippen LogP contribution in [-0.4, -0.2) is 14.8 Å². The summed E-state index contributed by atoms with van der Waals surface area (Å²) >= 11 is 0. The molecule has 0 aliphatic heterocycles. The van der Waals surface area contributed by atoms with E-state index in [-0.39, 0.29) is 0 Å². The van der Waals surface area contributed by atoms with Crippen molar-refractivity contribution >= 4 is 5.69 Å². The Kier molecular flexibility index (Phi) is 3.01. The van der Waals surface area contributed by atoms with Crippen molar-refractivity contribution < 1.29 is 0 Å². The van der Waals surface area contributed by atoms with Gasteiger partial charge in [0.05, 0.1) is 0 Å². The Morgan fingerprint density at radius 2 is 2.00 bits per heavy atom. The first-order chi connectivity index (χ1) is 9.15. The highest BCUT2D eigenvalue weighted by Gasteiger charge is 2.23. The minimum Gasteiger partial charge on any atom is -0.398 e. The molecule has 2 N–H and O–H groups in total. The average Bonchev–Trinajstić information content (AvgIpc) is 3.01. The van der Waals surface area contributed by atoms with Gasteiger partial charge in [-0.1, -0.05) is 24.5 Å². The van der Waals surface area contributed by atoms with Gasteiger partial charge in [-0.25, -0.2) is 9.67 Å². The van der Waals surface area contributed by atoms with Crippen LogP contribution in [0.5, 0.6) is 0 Å². The molecular weight excluding hydrogens is 236 g/mol. The predicted octanol–water partition coefficient (Wildman–Crippen LogP) is 3.03. The largest absolute Gasteiger partial charge is 0.398 e. The maximum Gasteiger partial charge on any atom is 0.160 e. The van der Waals surface area contributed by atoms with Crippen LogP contribution in [0.15, 0.2) is 18.2 Å². The first-order valence-electron chi connectivity index (χ1n) is 6.92. The van der Waals surface area contributed by atoms with E-state index >= 15 is 0 Å². The monoisotopic (exact) mass is 256 g/mol. The van der Waals surface area contributed by atoms with Crippen molar-refractivity contribution in [3.63, 3.8) is 0 Å². The van der Waals surface area contributed by atoms with Crippen molar-refractivity contribution in [3.05, 3.63) is 29.6 Å². The summed E-state index contributed by atoms with van der Waals surface area (Å²) in [6.45, 7) is 2.07. The molecule has 1 aromatic heterocycles. The number of nitrogens with two attached hydrogens (primary N) is 1. The molecule has 100 valence electrons. The summed E-state index contributed by atoms with van der Waals surface area (Å²) in [6, 6.07) is 6.04. The zero-order chi connectivity index (χ0) is 13.4. The molecule has 0 saturated heterocycles. The molecule has 1 heterocycles. The molecule has 4 nitrogen and oxygen atoms in total. The third-order valence-corrected chi connectivity index (χ3v) is 3.95. The summed E-state index contributed by atoms with van der Waals surface area (Å²) in [5.74, 6) is 2.39. The zero-order valence-corrected chi connectivity index (χ0v) is 11.6. The van der Waals surface area contributed by atoms with E-state index in [1.807, 2.05) is 23.9 Å². The van der Waals surface area contributed by atoms with Crippen LogP contribution in [0, 0.1) is 6.92 Å². The molecule has 1 aromatic carbocycles. The average molecular weight is 256 g/mol. The van der Waals surface area contributed by atoms with E-state index in [0.717, 1.165) is 22.9 Å². The van der Waals surface area contributed by atoms with Gasteiger partial charge in [0, 0.05) is 24.2 Å². The van der Waals surface area contributed by atoms with Crippen molar-refractivity contribution in [1.29, 1.82) is 0 Å². The zero-order valence-electron chi connectivity index (χ0n) is 11.6. The van der Waals surface area contributed by atoms with Gasteiger partial charge >= 0.3 is 0 Å². The van der Waals surface area contributed by atoms with Gasteiger partial charge in [0.2, 0.25) is 0 Å². The number of nitrogen functional groups attached to an aromatic ring is 1. The Hall–Kier alpha value is -1.84. The van der Waals surface area contributed by atoms with E-state index in [1.54, 1.807) is 0 Å². The molecule has 0 radical (unpaired) electrons. The molecule has 0 bridgehead atoms. The number of aryl methyl sites for hydroxylation is 2. The number of nitrogens with zero attached hydrogens (tertiary/aromatic N) is 3. The molecule has 1 aliphatic rings. The first-order valence-corrected chi connectivity index (χ1v) is 6.92. The summed E-state index contributed by atoms with van der Waals surface area (Å²) in [4.78, 5) is 4.74. The van der Waals surface area contributed by atoms with Crippen molar-refractivity contribution in [3.8, 4) is 11.4 Å². The summed E-state index contributed by atoms with van der Waals surface area (Å²) in [6.07, 6.45) is 5.02. The van der Waals surface area contributed by atoms with Crippen LogP contribution in [0.4, 0.5) is 5.69 Å². The van der Waals surface area contributed by atoms with Crippen LogP contribution >= 0.6 is 0 Å². The van der Waals surface area contributed by atoms with Gasteiger partial charge in [0.25, 0.3) is 0 Å². The lowest BCUT2D eigenvalue weighted by Crippen LogP contribution is -1.98. The molecule has 1 saturated carbocycles. The van der Waals surface area contributed by atoms with E-state index in [2.05, 4.69) is 18.1 Å². The van der Waals surface area contributed by atoms with Crippen molar-refractivity contribution in [2.45, 2.75) is 38.5 Å². The fourth-order valence-corrected chi connectivity index (χ4v) is 2.86. The predicted molar refractivity (Wildman–Crippen MR) is 76.8 cm³/mol.